The largest absolute Gasteiger partial charge is 0.497 e. The third-order valence-electron chi connectivity index (χ3n) is 2.68. The van der Waals surface area contributed by atoms with Crippen LogP contribution in [0.25, 0.3) is 10.9 Å². The number of aromatic amines is 1. The molecule has 1 amide bonds. The summed E-state index contributed by atoms with van der Waals surface area (Å²) in [5, 5.41) is 1.03. The van der Waals surface area contributed by atoms with Gasteiger partial charge in [0.1, 0.15) is 5.75 Å². The van der Waals surface area contributed by atoms with Gasteiger partial charge in [0.05, 0.1) is 13.5 Å². The van der Waals surface area contributed by atoms with Crippen molar-refractivity contribution >= 4 is 16.8 Å². The van der Waals surface area contributed by atoms with Crippen molar-refractivity contribution in [3.8, 4) is 5.75 Å². The van der Waals surface area contributed by atoms with Gasteiger partial charge in [-0.1, -0.05) is 0 Å². The molecule has 3 N–H and O–H groups in total. The second-order valence-electron chi connectivity index (χ2n) is 3.78. The summed E-state index contributed by atoms with van der Waals surface area (Å²) in [5.74, 6) is 0.471. The van der Waals surface area contributed by atoms with Crippen LogP contribution in [0.1, 0.15) is 11.3 Å². The highest BCUT2D eigenvalue weighted by Crippen LogP contribution is 2.26. The van der Waals surface area contributed by atoms with Crippen molar-refractivity contribution in [2.24, 2.45) is 5.73 Å². The van der Waals surface area contributed by atoms with Crippen LogP contribution in [-0.4, -0.2) is 18.0 Å². The van der Waals surface area contributed by atoms with Gasteiger partial charge in [-0.3, -0.25) is 4.79 Å². The first-order valence-corrected chi connectivity index (χ1v) is 5.05. The van der Waals surface area contributed by atoms with Crippen LogP contribution in [0.4, 0.5) is 0 Å². The molecule has 0 radical (unpaired) electrons. The number of ether oxygens (including phenoxy) is 1. The number of aryl methyl sites for hydroxylation is 1. The molecule has 84 valence electrons. The Morgan fingerprint density at radius 2 is 2.25 bits per heavy atom. The predicted octanol–water partition coefficient (Wildman–Crippen LogP) is 1.51. The summed E-state index contributed by atoms with van der Waals surface area (Å²) in [4.78, 5) is 14.2. The fourth-order valence-electron chi connectivity index (χ4n) is 1.90. The summed E-state index contributed by atoms with van der Waals surface area (Å²) in [7, 11) is 1.63. The summed E-state index contributed by atoms with van der Waals surface area (Å²) in [6.07, 6.45) is 0.262. The summed E-state index contributed by atoms with van der Waals surface area (Å²) in [5.41, 5.74) is 8.13. The van der Waals surface area contributed by atoms with Gasteiger partial charge in [0.25, 0.3) is 0 Å². The molecule has 1 heterocycles. The Labute approximate surface area is 93.4 Å². The Bertz CT molecular complexity index is 543. The van der Waals surface area contributed by atoms with Crippen LogP contribution in [0, 0.1) is 6.92 Å². The lowest BCUT2D eigenvalue weighted by Gasteiger charge is -2.00. The SMILES string of the molecule is COc1ccc2c(CC(N)=O)c(C)[nH]c2c1. The van der Waals surface area contributed by atoms with Crippen LogP contribution in [0.3, 0.4) is 0 Å². The molecule has 0 fully saturated rings. The van der Waals surface area contributed by atoms with Gasteiger partial charge in [0, 0.05) is 22.7 Å². The molecule has 0 aliphatic rings. The molecule has 0 aliphatic heterocycles. The van der Waals surface area contributed by atoms with Crippen molar-refractivity contribution in [2.75, 3.05) is 7.11 Å². The standard InChI is InChI=1S/C12H14N2O2/c1-7-10(6-12(13)15)9-4-3-8(16-2)5-11(9)14-7/h3-5,14H,6H2,1-2H3,(H2,13,15). The number of primary amides is 1. The number of nitrogens with one attached hydrogen (secondary N) is 1. The Morgan fingerprint density at radius 1 is 1.50 bits per heavy atom. The summed E-state index contributed by atoms with van der Waals surface area (Å²) >= 11 is 0. The van der Waals surface area contributed by atoms with Crippen molar-refractivity contribution in [2.45, 2.75) is 13.3 Å². The first-order chi connectivity index (χ1) is 7.61. The molecule has 2 rings (SSSR count). The summed E-state index contributed by atoms with van der Waals surface area (Å²) < 4.78 is 5.14. The fourth-order valence-corrected chi connectivity index (χ4v) is 1.90. The van der Waals surface area contributed by atoms with Crippen LogP contribution in [0.15, 0.2) is 18.2 Å². The Balaban J connectivity index is 2.57. The van der Waals surface area contributed by atoms with Gasteiger partial charge in [-0.25, -0.2) is 0 Å². The number of carbonyl (C=O) groups excluding carboxylic acids is 1. The van der Waals surface area contributed by atoms with E-state index in [9.17, 15) is 4.79 Å². The maximum atomic E-state index is 11.0. The molecule has 0 saturated carbocycles. The molecule has 0 spiro atoms. The van der Waals surface area contributed by atoms with Gasteiger partial charge in [0.2, 0.25) is 5.91 Å². The number of aromatic nitrogens is 1. The van der Waals surface area contributed by atoms with Crippen LogP contribution >= 0.6 is 0 Å². The Kier molecular flexibility index (Phi) is 2.56. The molecule has 16 heavy (non-hydrogen) atoms. The van der Waals surface area contributed by atoms with E-state index in [0.29, 0.717) is 0 Å². The van der Waals surface area contributed by atoms with E-state index < -0.39 is 0 Å². The third-order valence-corrected chi connectivity index (χ3v) is 2.68. The van der Waals surface area contributed by atoms with Crippen LogP contribution in [0.2, 0.25) is 0 Å². The molecule has 4 nitrogen and oxygen atoms in total. The maximum Gasteiger partial charge on any atom is 0.221 e. The number of hydrogen-bond acceptors (Lipinski definition) is 2. The zero-order chi connectivity index (χ0) is 11.7. The monoisotopic (exact) mass is 218 g/mol. The van der Waals surface area contributed by atoms with E-state index in [4.69, 9.17) is 10.5 Å². The van der Waals surface area contributed by atoms with E-state index >= 15 is 0 Å². The zero-order valence-corrected chi connectivity index (χ0v) is 9.33. The van der Waals surface area contributed by atoms with Crippen molar-refractivity contribution in [1.29, 1.82) is 0 Å². The van der Waals surface area contributed by atoms with Gasteiger partial charge in [0.15, 0.2) is 0 Å². The molecule has 1 aromatic heterocycles. The van der Waals surface area contributed by atoms with Crippen molar-refractivity contribution in [3.05, 3.63) is 29.5 Å². The molecule has 1 aromatic carbocycles. The normalized spacial score (nSPS) is 10.6. The highest BCUT2D eigenvalue weighted by atomic mass is 16.5. The minimum absolute atomic E-state index is 0.262. The Morgan fingerprint density at radius 3 is 2.88 bits per heavy atom. The van der Waals surface area contributed by atoms with Crippen molar-refractivity contribution < 1.29 is 9.53 Å². The molecule has 0 saturated heterocycles. The van der Waals surface area contributed by atoms with E-state index in [1.54, 1.807) is 7.11 Å². The van der Waals surface area contributed by atoms with Gasteiger partial charge < -0.3 is 15.5 Å². The number of carbonyl (C=O) groups is 1. The van der Waals surface area contributed by atoms with Gasteiger partial charge in [-0.2, -0.15) is 0 Å². The predicted molar refractivity (Wildman–Crippen MR) is 62.5 cm³/mol. The Hall–Kier alpha value is -1.97. The van der Waals surface area contributed by atoms with Crippen LogP contribution in [0.5, 0.6) is 5.75 Å². The molecule has 0 bridgehead atoms. The molecule has 4 heteroatoms. The maximum absolute atomic E-state index is 11.0. The number of benzene rings is 1. The van der Waals surface area contributed by atoms with E-state index in [0.717, 1.165) is 27.9 Å². The van der Waals surface area contributed by atoms with Crippen LogP contribution < -0.4 is 10.5 Å². The molecular formula is C12H14N2O2. The lowest BCUT2D eigenvalue weighted by atomic mass is 10.1. The molecule has 0 unspecified atom stereocenters. The average Bonchev–Trinajstić information content (AvgIpc) is 2.54. The minimum Gasteiger partial charge on any atom is -0.497 e. The molecule has 2 aromatic rings. The first kappa shape index (κ1) is 10.5. The third kappa shape index (κ3) is 1.74. The number of H-pyrrole nitrogens is 1. The molecule has 0 atom stereocenters. The quantitative estimate of drug-likeness (QED) is 0.820. The summed E-state index contributed by atoms with van der Waals surface area (Å²) in [6, 6.07) is 5.73. The number of fused-ring (bicyclic) bond motifs is 1. The second-order valence-corrected chi connectivity index (χ2v) is 3.78. The van der Waals surface area contributed by atoms with Crippen molar-refractivity contribution in [3.63, 3.8) is 0 Å². The summed E-state index contributed by atoms with van der Waals surface area (Å²) in [6.45, 7) is 1.94. The highest BCUT2D eigenvalue weighted by Gasteiger charge is 2.10. The van der Waals surface area contributed by atoms with Gasteiger partial charge >= 0.3 is 0 Å². The van der Waals surface area contributed by atoms with Crippen LogP contribution in [-0.2, 0) is 11.2 Å². The van der Waals surface area contributed by atoms with E-state index in [2.05, 4.69) is 4.98 Å². The first-order valence-electron chi connectivity index (χ1n) is 5.05. The lowest BCUT2D eigenvalue weighted by molar-refractivity contribution is -0.117. The van der Waals surface area contributed by atoms with E-state index in [1.165, 1.54) is 0 Å². The lowest BCUT2D eigenvalue weighted by Crippen LogP contribution is -2.13. The topological polar surface area (TPSA) is 68.1 Å². The number of methoxy groups -OCH3 is 1. The zero-order valence-electron chi connectivity index (χ0n) is 9.33. The van der Waals surface area contributed by atoms with E-state index in [-0.39, 0.29) is 12.3 Å². The number of nitrogens with two attached hydrogens (primary N) is 1. The molecule has 0 aliphatic carbocycles. The number of rotatable bonds is 3. The van der Waals surface area contributed by atoms with E-state index in [1.807, 2.05) is 25.1 Å². The smallest absolute Gasteiger partial charge is 0.221 e. The minimum atomic E-state index is -0.320. The van der Waals surface area contributed by atoms with Crippen molar-refractivity contribution in [1.82, 2.24) is 4.98 Å². The van der Waals surface area contributed by atoms with Gasteiger partial charge in [-0.05, 0) is 24.6 Å². The highest BCUT2D eigenvalue weighted by molar-refractivity contribution is 5.90. The number of amides is 1. The second kappa shape index (κ2) is 3.89. The van der Waals surface area contributed by atoms with Gasteiger partial charge in [-0.15, -0.1) is 0 Å². The fraction of sp³-hybridized carbons (Fsp3) is 0.250. The molecular weight excluding hydrogens is 204 g/mol. The number of hydrogen-bond donors (Lipinski definition) is 2. The average molecular weight is 218 g/mol.